The Morgan fingerprint density at radius 2 is 2.00 bits per heavy atom. The van der Waals surface area contributed by atoms with Crippen molar-refractivity contribution >= 4 is 45.2 Å². The van der Waals surface area contributed by atoms with E-state index in [9.17, 15) is 4.55 Å². The lowest BCUT2D eigenvalue weighted by molar-refractivity contribution is 0.587. The van der Waals surface area contributed by atoms with E-state index in [-0.39, 0.29) is 0 Å². The molecule has 0 saturated carbocycles. The molecule has 4 aromatic rings. The third-order valence-corrected chi connectivity index (χ3v) is 6.02. The number of fused-ring (bicyclic) bond motifs is 1. The Morgan fingerprint density at radius 1 is 1.14 bits per heavy atom. The van der Waals surface area contributed by atoms with Gasteiger partial charge in [0.2, 0.25) is 0 Å². The van der Waals surface area contributed by atoms with Crippen molar-refractivity contribution in [1.82, 2.24) is 14.3 Å². The summed E-state index contributed by atoms with van der Waals surface area (Å²) in [5.41, 5.74) is 3.66. The van der Waals surface area contributed by atoms with Crippen molar-refractivity contribution in [2.75, 3.05) is 12.4 Å². The van der Waals surface area contributed by atoms with Crippen LogP contribution in [-0.4, -0.2) is 20.6 Å². The van der Waals surface area contributed by atoms with Gasteiger partial charge in [0.1, 0.15) is 16.9 Å². The van der Waals surface area contributed by atoms with Crippen molar-refractivity contribution in [2.45, 2.75) is 11.4 Å². The van der Waals surface area contributed by atoms with E-state index >= 15 is 0 Å². The molecule has 0 aliphatic carbocycles. The molecule has 0 aliphatic heterocycles. The summed E-state index contributed by atoms with van der Waals surface area (Å²) >= 11 is 4.88. The maximum absolute atomic E-state index is 13.2. The van der Waals surface area contributed by atoms with E-state index in [0.29, 0.717) is 16.5 Å². The minimum Gasteiger partial charge on any atom is -0.587 e. The Bertz CT molecular complexity index is 1100. The Kier molecular flexibility index (Phi) is 5.54. The number of benzene rings is 2. The van der Waals surface area contributed by atoms with Gasteiger partial charge in [-0.3, -0.25) is 4.98 Å². The summed E-state index contributed by atoms with van der Waals surface area (Å²) in [5.74, 6) is 0. The number of para-hydroxylation sites is 1. The second kappa shape index (κ2) is 8.24. The highest BCUT2D eigenvalue weighted by atomic mass is 35.5. The molecule has 5 nitrogen and oxygen atoms in total. The predicted octanol–water partition coefficient (Wildman–Crippen LogP) is 4.72. The molecule has 28 heavy (non-hydrogen) atoms. The molecule has 142 valence electrons. The molecule has 0 fully saturated rings. The SMILES string of the molecule is CNCc1cn([S+]([O-])c2cccnc2)c2cc(Nc3ccccc3Cl)ccc12. The van der Waals surface area contributed by atoms with Crippen LogP contribution in [0.1, 0.15) is 5.56 Å². The van der Waals surface area contributed by atoms with Gasteiger partial charge < -0.3 is 15.2 Å². The Labute approximate surface area is 171 Å². The minimum atomic E-state index is -1.39. The van der Waals surface area contributed by atoms with E-state index in [4.69, 9.17) is 11.6 Å². The molecule has 1 unspecified atom stereocenters. The molecule has 7 heteroatoms. The van der Waals surface area contributed by atoms with Gasteiger partial charge in [-0.05, 0) is 49.0 Å². The molecule has 0 amide bonds. The summed E-state index contributed by atoms with van der Waals surface area (Å²) in [5, 5.41) is 8.21. The molecule has 1 atom stereocenters. The maximum Gasteiger partial charge on any atom is 0.198 e. The van der Waals surface area contributed by atoms with E-state index in [1.807, 2.05) is 61.8 Å². The van der Waals surface area contributed by atoms with Gasteiger partial charge in [0.15, 0.2) is 4.90 Å². The van der Waals surface area contributed by atoms with Crippen molar-refractivity contribution in [3.05, 3.63) is 83.8 Å². The molecule has 0 aliphatic rings. The number of halogens is 1. The molecular formula is C21H19ClN4OS. The van der Waals surface area contributed by atoms with Crippen LogP contribution in [0.3, 0.4) is 0 Å². The number of rotatable bonds is 6. The van der Waals surface area contributed by atoms with Crippen molar-refractivity contribution in [3.8, 4) is 0 Å². The van der Waals surface area contributed by atoms with Crippen LogP contribution in [0.5, 0.6) is 0 Å². The number of nitrogens with one attached hydrogen (secondary N) is 2. The lowest BCUT2D eigenvalue weighted by Gasteiger charge is -2.12. The number of anilines is 2. The second-order valence-electron chi connectivity index (χ2n) is 6.29. The normalized spacial score (nSPS) is 12.2. The van der Waals surface area contributed by atoms with Crippen molar-refractivity contribution < 1.29 is 4.55 Å². The standard InChI is InChI=1S/C21H19ClN4OS/c1-23-12-15-14-26(28(27)17-5-4-10-24-13-17)21-11-16(8-9-18(15)21)25-20-7-3-2-6-19(20)22/h2-11,13-14,23,25H,12H2,1H3. The average molecular weight is 411 g/mol. The van der Waals surface area contributed by atoms with E-state index < -0.39 is 11.4 Å². The van der Waals surface area contributed by atoms with Crippen molar-refractivity contribution in [1.29, 1.82) is 0 Å². The lowest BCUT2D eigenvalue weighted by Crippen LogP contribution is -2.12. The van der Waals surface area contributed by atoms with Crippen LogP contribution in [-0.2, 0) is 17.9 Å². The fourth-order valence-electron chi connectivity index (χ4n) is 3.09. The number of aromatic nitrogens is 2. The van der Waals surface area contributed by atoms with E-state index in [0.717, 1.165) is 27.8 Å². The van der Waals surface area contributed by atoms with Gasteiger partial charge in [-0.25, -0.2) is 0 Å². The zero-order valence-electron chi connectivity index (χ0n) is 15.2. The van der Waals surface area contributed by atoms with Crippen LogP contribution in [0.25, 0.3) is 10.9 Å². The summed E-state index contributed by atoms with van der Waals surface area (Å²) in [6, 6.07) is 17.2. The van der Waals surface area contributed by atoms with E-state index in [2.05, 4.69) is 15.6 Å². The van der Waals surface area contributed by atoms with Crippen molar-refractivity contribution in [2.24, 2.45) is 0 Å². The molecule has 0 bridgehead atoms. The average Bonchev–Trinajstić information content (AvgIpc) is 3.08. The second-order valence-corrected chi connectivity index (χ2v) is 8.06. The highest BCUT2D eigenvalue weighted by Gasteiger charge is 2.20. The number of pyridine rings is 1. The first kappa shape index (κ1) is 18.8. The van der Waals surface area contributed by atoms with E-state index in [1.54, 1.807) is 22.4 Å². The van der Waals surface area contributed by atoms with Crippen LogP contribution in [0.4, 0.5) is 11.4 Å². The monoisotopic (exact) mass is 410 g/mol. The number of nitrogens with zero attached hydrogens (tertiary/aromatic N) is 2. The molecule has 0 saturated heterocycles. The topological polar surface area (TPSA) is 64.9 Å². The largest absolute Gasteiger partial charge is 0.587 e. The molecular weight excluding hydrogens is 392 g/mol. The third kappa shape index (κ3) is 3.72. The quantitative estimate of drug-likeness (QED) is 0.451. The summed E-state index contributed by atoms with van der Waals surface area (Å²) in [6.45, 7) is 0.686. The Balaban J connectivity index is 1.79. The predicted molar refractivity (Wildman–Crippen MR) is 115 cm³/mol. The Hall–Kier alpha value is -2.51. The van der Waals surface area contributed by atoms with Gasteiger partial charge in [-0.1, -0.05) is 29.8 Å². The fourth-order valence-corrected chi connectivity index (χ4v) is 4.40. The first-order valence-corrected chi connectivity index (χ1v) is 10.3. The molecule has 2 N–H and O–H groups in total. The molecule has 0 spiro atoms. The zero-order chi connectivity index (χ0) is 19.5. The maximum atomic E-state index is 13.2. The van der Waals surface area contributed by atoms with Crippen LogP contribution < -0.4 is 10.6 Å². The van der Waals surface area contributed by atoms with Gasteiger partial charge in [0.25, 0.3) is 0 Å². The lowest BCUT2D eigenvalue weighted by atomic mass is 10.1. The van der Waals surface area contributed by atoms with Crippen LogP contribution in [0.15, 0.2) is 78.1 Å². The van der Waals surface area contributed by atoms with Crippen LogP contribution in [0.2, 0.25) is 5.02 Å². The van der Waals surface area contributed by atoms with Crippen molar-refractivity contribution in [3.63, 3.8) is 0 Å². The molecule has 2 aromatic carbocycles. The third-order valence-electron chi connectivity index (χ3n) is 4.39. The first-order chi connectivity index (χ1) is 13.7. The number of hydrogen-bond acceptors (Lipinski definition) is 4. The Morgan fingerprint density at radius 3 is 2.75 bits per heavy atom. The number of hydrogen-bond donors (Lipinski definition) is 2. The first-order valence-electron chi connectivity index (χ1n) is 8.80. The highest BCUT2D eigenvalue weighted by molar-refractivity contribution is 7.90. The van der Waals surface area contributed by atoms with Gasteiger partial charge >= 0.3 is 0 Å². The minimum absolute atomic E-state index is 0.646. The van der Waals surface area contributed by atoms with E-state index in [1.165, 1.54) is 0 Å². The van der Waals surface area contributed by atoms with Crippen LogP contribution in [0, 0.1) is 0 Å². The summed E-state index contributed by atoms with van der Waals surface area (Å²) < 4.78 is 15.0. The molecule has 2 heterocycles. The van der Waals surface area contributed by atoms with Gasteiger partial charge in [-0.15, -0.1) is 0 Å². The summed E-state index contributed by atoms with van der Waals surface area (Å²) in [4.78, 5) is 4.74. The highest BCUT2D eigenvalue weighted by Crippen LogP contribution is 2.31. The van der Waals surface area contributed by atoms with Gasteiger partial charge in [0, 0.05) is 23.8 Å². The molecule has 0 radical (unpaired) electrons. The molecule has 2 aromatic heterocycles. The van der Waals surface area contributed by atoms with Gasteiger partial charge in [0.05, 0.1) is 23.1 Å². The molecule has 4 rings (SSSR count). The summed E-state index contributed by atoms with van der Waals surface area (Å²) in [6.07, 6.45) is 5.24. The smallest absolute Gasteiger partial charge is 0.198 e. The summed E-state index contributed by atoms with van der Waals surface area (Å²) in [7, 11) is 1.90. The van der Waals surface area contributed by atoms with Gasteiger partial charge in [-0.2, -0.15) is 3.97 Å². The zero-order valence-corrected chi connectivity index (χ0v) is 16.8. The van der Waals surface area contributed by atoms with Crippen LogP contribution >= 0.6 is 11.6 Å². The fraction of sp³-hybridized carbons (Fsp3) is 0.0952.